The van der Waals surface area contributed by atoms with Crippen LogP contribution in [-0.2, 0) is 28.4 Å². The first kappa shape index (κ1) is 43.1. The predicted molar refractivity (Wildman–Crippen MR) is 222 cm³/mol. The molecule has 0 saturated carbocycles. The molecule has 0 spiro atoms. The fourth-order valence-corrected chi connectivity index (χ4v) is 6.58. The fourth-order valence-electron chi connectivity index (χ4n) is 6.58. The van der Waals surface area contributed by atoms with Crippen LogP contribution in [0.5, 0.6) is 23.0 Å². The fraction of sp³-hybridized carbons (Fsp3) is 0.304. The van der Waals surface area contributed by atoms with Crippen LogP contribution >= 0.6 is 0 Å². The van der Waals surface area contributed by atoms with E-state index in [4.69, 9.17) is 47.4 Å². The van der Waals surface area contributed by atoms with E-state index in [1.807, 2.05) is 18.2 Å². The summed E-state index contributed by atoms with van der Waals surface area (Å²) in [7, 11) is 3.18. The third kappa shape index (κ3) is 9.57. The molecule has 0 bridgehead atoms. The van der Waals surface area contributed by atoms with Crippen LogP contribution in [0.1, 0.15) is 40.9 Å². The Balaban J connectivity index is 2.31. The summed E-state index contributed by atoms with van der Waals surface area (Å²) in [5, 5.41) is 0. The van der Waals surface area contributed by atoms with Crippen LogP contribution in [0, 0.1) is 0 Å². The van der Waals surface area contributed by atoms with E-state index >= 15 is 0 Å². The van der Waals surface area contributed by atoms with Gasteiger partial charge in [-0.15, -0.1) is 19.7 Å². The van der Waals surface area contributed by atoms with Crippen molar-refractivity contribution in [3.05, 3.63) is 147 Å². The lowest BCUT2D eigenvalue weighted by molar-refractivity contribution is -0.0408. The first-order valence-corrected chi connectivity index (χ1v) is 18.2. The molecule has 0 aromatic heterocycles. The lowest BCUT2D eigenvalue weighted by Crippen LogP contribution is -2.29. The maximum Gasteiger partial charge on any atom is 0.168 e. The molecule has 0 saturated heterocycles. The summed E-state index contributed by atoms with van der Waals surface area (Å²) in [6.45, 7) is 32.8. The molecule has 4 rings (SSSR count). The standard InChI is InChI=1S/C46H54O10/c1-11-19-49-33-29-37(53-23-15-5)45(55-25-17-7)43-35(51-21-13-3)27-31(47-9)39(41(33)43)40-32(48-10)28-36(52-22-14-4)44-42(40)34(50-20-12-2)30-38(54-24-16-6)46(44)56-26-18-8/h11-18,27-29,34,37,45H,1-8,19-26,30H2,9-10H3/t34?,37-,45?/m1/s1. The van der Waals surface area contributed by atoms with Crippen molar-refractivity contribution in [3.8, 4) is 34.1 Å². The molecule has 0 heterocycles. The highest BCUT2D eigenvalue weighted by atomic mass is 16.5. The van der Waals surface area contributed by atoms with Gasteiger partial charge < -0.3 is 47.4 Å². The number of rotatable bonds is 27. The van der Waals surface area contributed by atoms with Crippen LogP contribution in [0.25, 0.3) is 22.6 Å². The number of fused-ring (bicyclic) bond motifs is 2. The predicted octanol–water partition coefficient (Wildman–Crippen LogP) is 9.59. The Hall–Kier alpha value is -5.68. The Morgan fingerprint density at radius 3 is 1.64 bits per heavy atom. The first-order chi connectivity index (χ1) is 27.4. The molecular formula is C46H54O10. The third-order valence-electron chi connectivity index (χ3n) is 8.60. The van der Waals surface area contributed by atoms with Crippen molar-refractivity contribution in [2.24, 2.45) is 0 Å². The van der Waals surface area contributed by atoms with Crippen molar-refractivity contribution in [1.29, 1.82) is 0 Å². The van der Waals surface area contributed by atoms with Gasteiger partial charge in [0, 0.05) is 46.4 Å². The van der Waals surface area contributed by atoms with Crippen molar-refractivity contribution in [2.45, 2.75) is 24.7 Å². The van der Waals surface area contributed by atoms with E-state index < -0.39 is 18.3 Å². The van der Waals surface area contributed by atoms with E-state index in [0.29, 0.717) is 73.7 Å². The van der Waals surface area contributed by atoms with E-state index in [1.54, 1.807) is 62.8 Å². The molecule has 3 atom stereocenters. The van der Waals surface area contributed by atoms with Crippen molar-refractivity contribution >= 4 is 11.5 Å². The van der Waals surface area contributed by atoms with Gasteiger partial charge in [-0.2, -0.15) is 0 Å². The molecular weight excluding hydrogens is 712 g/mol. The molecule has 0 fully saturated rings. The molecule has 0 N–H and O–H groups in total. The second-order valence-electron chi connectivity index (χ2n) is 12.2. The highest BCUT2D eigenvalue weighted by molar-refractivity contribution is 5.95. The summed E-state index contributed by atoms with van der Waals surface area (Å²) in [6.07, 6.45) is 13.6. The van der Waals surface area contributed by atoms with Gasteiger partial charge in [0.15, 0.2) is 5.76 Å². The quantitative estimate of drug-likeness (QED) is 0.0819. The van der Waals surface area contributed by atoms with Crippen LogP contribution < -0.4 is 18.9 Å². The summed E-state index contributed by atoms with van der Waals surface area (Å²) in [6, 6.07) is 3.63. The van der Waals surface area contributed by atoms with E-state index in [-0.39, 0.29) is 59.3 Å². The Morgan fingerprint density at radius 2 is 1.02 bits per heavy atom. The van der Waals surface area contributed by atoms with E-state index in [9.17, 15) is 0 Å². The van der Waals surface area contributed by atoms with Crippen LogP contribution in [-0.4, -0.2) is 73.2 Å². The van der Waals surface area contributed by atoms with Gasteiger partial charge in [-0.3, -0.25) is 0 Å². The van der Waals surface area contributed by atoms with E-state index in [0.717, 1.165) is 0 Å². The molecule has 10 nitrogen and oxygen atoms in total. The molecule has 0 aliphatic heterocycles. The average Bonchev–Trinajstić information content (AvgIpc) is 3.22. The Morgan fingerprint density at radius 1 is 0.500 bits per heavy atom. The van der Waals surface area contributed by atoms with E-state index in [1.165, 1.54) is 0 Å². The highest BCUT2D eigenvalue weighted by Crippen LogP contribution is 2.58. The Kier molecular flexibility index (Phi) is 16.9. The second-order valence-corrected chi connectivity index (χ2v) is 12.2. The third-order valence-corrected chi connectivity index (χ3v) is 8.60. The van der Waals surface area contributed by atoms with Gasteiger partial charge in [-0.05, 0) is 6.08 Å². The van der Waals surface area contributed by atoms with Gasteiger partial charge in [-0.1, -0.05) is 81.5 Å². The minimum absolute atomic E-state index is 0.179. The van der Waals surface area contributed by atoms with Gasteiger partial charge in [0.2, 0.25) is 0 Å². The molecule has 2 aliphatic carbocycles. The normalized spacial score (nSPS) is 16.8. The van der Waals surface area contributed by atoms with Crippen LogP contribution in [0.15, 0.2) is 125 Å². The summed E-state index contributed by atoms with van der Waals surface area (Å²) < 4.78 is 63.9. The van der Waals surface area contributed by atoms with Gasteiger partial charge in [0.05, 0.1) is 45.7 Å². The number of methoxy groups -OCH3 is 2. The van der Waals surface area contributed by atoms with Crippen LogP contribution in [0.4, 0.5) is 0 Å². The summed E-state index contributed by atoms with van der Waals surface area (Å²) in [4.78, 5) is 0. The molecule has 56 heavy (non-hydrogen) atoms. The molecule has 298 valence electrons. The van der Waals surface area contributed by atoms with Crippen LogP contribution in [0.3, 0.4) is 0 Å². The second kappa shape index (κ2) is 22.0. The maximum atomic E-state index is 6.60. The molecule has 10 heteroatoms. The molecule has 0 amide bonds. The zero-order valence-corrected chi connectivity index (χ0v) is 32.7. The minimum Gasteiger partial charge on any atom is -0.496 e. The summed E-state index contributed by atoms with van der Waals surface area (Å²) in [5.41, 5.74) is 3.77. The van der Waals surface area contributed by atoms with Crippen molar-refractivity contribution < 1.29 is 47.4 Å². The zero-order valence-electron chi connectivity index (χ0n) is 32.7. The first-order valence-electron chi connectivity index (χ1n) is 18.2. The summed E-state index contributed by atoms with van der Waals surface area (Å²) >= 11 is 0. The molecule has 2 aliphatic rings. The van der Waals surface area contributed by atoms with Gasteiger partial charge in [0.25, 0.3) is 0 Å². The Labute approximate surface area is 331 Å². The lowest BCUT2D eigenvalue weighted by atomic mass is 9.79. The molecule has 2 unspecified atom stereocenters. The number of hydrogen-bond donors (Lipinski definition) is 0. The zero-order chi connectivity index (χ0) is 40.5. The minimum atomic E-state index is -0.696. The lowest BCUT2D eigenvalue weighted by Gasteiger charge is -2.37. The average molecular weight is 767 g/mol. The van der Waals surface area contributed by atoms with Crippen molar-refractivity contribution in [2.75, 3.05) is 67.1 Å². The van der Waals surface area contributed by atoms with E-state index in [2.05, 4.69) is 52.6 Å². The highest BCUT2D eigenvalue weighted by Gasteiger charge is 2.43. The number of benzene rings is 2. The summed E-state index contributed by atoms with van der Waals surface area (Å²) in [5.74, 6) is 3.29. The number of hydrogen-bond acceptors (Lipinski definition) is 10. The van der Waals surface area contributed by atoms with Crippen molar-refractivity contribution in [3.63, 3.8) is 0 Å². The maximum absolute atomic E-state index is 6.60. The molecule has 2 aromatic rings. The monoisotopic (exact) mass is 766 g/mol. The Bertz CT molecular complexity index is 1830. The van der Waals surface area contributed by atoms with Gasteiger partial charge in [-0.25, -0.2) is 0 Å². The van der Waals surface area contributed by atoms with Crippen LogP contribution in [0.2, 0.25) is 0 Å². The SMILES string of the molecule is C=CCOC1=C[C@@H](OCC=C)C(OCC=C)c2c(OCC=C)cc(OC)c(-c3c(OC)cc(OCC=C)c4c3C(OCC=C)CC(OCC=C)=C4OCC=C)c21. The van der Waals surface area contributed by atoms with Gasteiger partial charge >= 0.3 is 0 Å². The molecule has 0 radical (unpaired) electrons. The topological polar surface area (TPSA) is 92.3 Å². The molecule has 2 aromatic carbocycles. The van der Waals surface area contributed by atoms with Gasteiger partial charge in [0.1, 0.15) is 79.8 Å². The smallest absolute Gasteiger partial charge is 0.168 e. The van der Waals surface area contributed by atoms with Crippen molar-refractivity contribution in [1.82, 2.24) is 0 Å². The largest absolute Gasteiger partial charge is 0.496 e. The number of ether oxygens (including phenoxy) is 10.